The van der Waals surface area contributed by atoms with E-state index >= 15 is 0 Å². The first kappa shape index (κ1) is 22.1. The third kappa shape index (κ3) is 6.71. The van der Waals surface area contributed by atoms with E-state index < -0.39 is 5.97 Å². The minimum Gasteiger partial charge on any atom is -0.427 e. The lowest BCUT2D eigenvalue weighted by Gasteiger charge is -2.31. The number of esters is 1. The van der Waals surface area contributed by atoms with Crippen molar-refractivity contribution in [3.05, 3.63) is 42.0 Å². The minimum atomic E-state index is -0.414. The first-order chi connectivity index (χ1) is 14.5. The molecule has 0 radical (unpaired) electrons. The fourth-order valence-electron chi connectivity index (χ4n) is 4.21. The number of rotatable bonds is 6. The van der Waals surface area contributed by atoms with Gasteiger partial charge in [-0.1, -0.05) is 31.4 Å². The third-order valence-electron chi connectivity index (χ3n) is 6.00. The van der Waals surface area contributed by atoms with Crippen molar-refractivity contribution >= 4 is 17.8 Å². The van der Waals surface area contributed by atoms with E-state index in [1.165, 1.54) is 39.0 Å². The summed E-state index contributed by atoms with van der Waals surface area (Å²) >= 11 is 0. The molecule has 1 aliphatic heterocycles. The number of carbonyl (C=O) groups excluding carboxylic acids is 3. The van der Waals surface area contributed by atoms with Gasteiger partial charge < -0.3 is 15.0 Å². The number of likely N-dealkylation sites (tertiary alicyclic amines) is 1. The quantitative estimate of drug-likeness (QED) is 0.439. The summed E-state index contributed by atoms with van der Waals surface area (Å²) in [6.45, 7) is 3.37. The van der Waals surface area contributed by atoms with E-state index in [4.69, 9.17) is 4.74 Å². The average molecular weight is 413 g/mol. The Morgan fingerprint density at radius 1 is 1.10 bits per heavy atom. The van der Waals surface area contributed by atoms with Crippen LogP contribution in [-0.2, 0) is 9.59 Å². The highest BCUT2D eigenvalue weighted by Crippen LogP contribution is 2.25. The average Bonchev–Trinajstić information content (AvgIpc) is 2.76. The van der Waals surface area contributed by atoms with Crippen LogP contribution in [0.3, 0.4) is 0 Å². The molecule has 162 valence electrons. The van der Waals surface area contributed by atoms with Crippen LogP contribution < -0.4 is 10.1 Å². The Morgan fingerprint density at radius 2 is 1.83 bits per heavy atom. The topological polar surface area (TPSA) is 75.7 Å². The number of nitrogens with one attached hydrogen (secondary N) is 1. The molecular weight excluding hydrogens is 380 g/mol. The molecule has 0 atom stereocenters. The van der Waals surface area contributed by atoms with Crippen LogP contribution in [0.15, 0.2) is 36.4 Å². The number of carbonyl (C=O) groups is 3. The molecule has 1 aromatic carbocycles. The summed E-state index contributed by atoms with van der Waals surface area (Å²) in [5.74, 6) is 0.806. The van der Waals surface area contributed by atoms with Gasteiger partial charge >= 0.3 is 5.97 Å². The molecule has 6 heteroatoms. The molecule has 2 aliphatic rings. The van der Waals surface area contributed by atoms with Crippen molar-refractivity contribution in [1.29, 1.82) is 0 Å². The number of hydrogen-bond acceptors (Lipinski definition) is 4. The summed E-state index contributed by atoms with van der Waals surface area (Å²) in [5, 5.41) is 2.96. The van der Waals surface area contributed by atoms with Crippen molar-refractivity contribution in [3.63, 3.8) is 0 Å². The maximum Gasteiger partial charge on any atom is 0.308 e. The van der Waals surface area contributed by atoms with E-state index in [1.54, 1.807) is 30.3 Å². The molecule has 1 heterocycles. The number of hydrogen-bond donors (Lipinski definition) is 1. The molecule has 6 nitrogen and oxygen atoms in total. The number of ether oxygens (including phenoxy) is 1. The number of allylic oxidation sites excluding steroid dienone is 1. The van der Waals surface area contributed by atoms with Crippen molar-refractivity contribution in [2.75, 3.05) is 19.6 Å². The van der Waals surface area contributed by atoms with Crippen molar-refractivity contribution in [2.24, 2.45) is 11.8 Å². The fraction of sp³-hybridized carbons (Fsp3) is 0.542. The highest BCUT2D eigenvalue weighted by molar-refractivity contribution is 5.94. The van der Waals surface area contributed by atoms with Gasteiger partial charge in [0.05, 0.1) is 0 Å². The van der Waals surface area contributed by atoms with Crippen LogP contribution in [-0.4, -0.2) is 42.3 Å². The summed E-state index contributed by atoms with van der Waals surface area (Å²) in [6.07, 6.45) is 11.9. The number of nitrogens with zero attached hydrogens (tertiary/aromatic N) is 1. The van der Waals surface area contributed by atoms with Gasteiger partial charge in [-0.25, -0.2) is 0 Å². The zero-order valence-electron chi connectivity index (χ0n) is 17.8. The Hall–Kier alpha value is -2.63. The van der Waals surface area contributed by atoms with E-state index in [2.05, 4.69) is 11.4 Å². The van der Waals surface area contributed by atoms with Crippen LogP contribution in [0.4, 0.5) is 0 Å². The molecule has 1 saturated carbocycles. The van der Waals surface area contributed by atoms with Crippen molar-refractivity contribution in [3.8, 4) is 5.75 Å². The lowest BCUT2D eigenvalue weighted by Crippen LogP contribution is -2.41. The Labute approximate surface area is 178 Å². The Balaban J connectivity index is 1.40. The van der Waals surface area contributed by atoms with Gasteiger partial charge in [-0.15, -0.1) is 0 Å². The summed E-state index contributed by atoms with van der Waals surface area (Å²) in [7, 11) is 0. The van der Waals surface area contributed by atoms with E-state index in [0.29, 0.717) is 29.7 Å². The van der Waals surface area contributed by atoms with Gasteiger partial charge in [0, 0.05) is 32.1 Å². The van der Waals surface area contributed by atoms with Crippen molar-refractivity contribution in [2.45, 2.75) is 51.9 Å². The van der Waals surface area contributed by atoms with Crippen LogP contribution in [0.1, 0.15) is 62.2 Å². The molecule has 0 aromatic heterocycles. The lowest BCUT2D eigenvalue weighted by molar-refractivity contribution is -0.132. The van der Waals surface area contributed by atoms with E-state index in [-0.39, 0.29) is 11.8 Å². The second-order valence-corrected chi connectivity index (χ2v) is 8.36. The molecule has 3 rings (SSSR count). The van der Waals surface area contributed by atoms with Gasteiger partial charge in [0.25, 0.3) is 5.91 Å². The number of amides is 2. The smallest absolute Gasteiger partial charge is 0.308 e. The maximum atomic E-state index is 12.4. The van der Waals surface area contributed by atoms with Gasteiger partial charge in [-0.3, -0.25) is 14.4 Å². The standard InChI is InChI=1S/C24H32N2O4/c1-18(27)30-22-9-5-8-21(16-22)24(29)25-17-20-12-14-26(15-13-20)23(28)11-10-19-6-3-2-4-7-19/h5,8-11,16,19-20H,2-4,6-7,12-15,17H2,1H3,(H,25,29)/b11-10+. The molecule has 1 saturated heterocycles. The largest absolute Gasteiger partial charge is 0.427 e. The molecule has 2 fully saturated rings. The molecule has 1 aromatic rings. The molecule has 1 N–H and O–H groups in total. The zero-order chi connectivity index (χ0) is 21.3. The second-order valence-electron chi connectivity index (χ2n) is 8.36. The van der Waals surface area contributed by atoms with E-state index in [1.807, 2.05) is 4.90 Å². The maximum absolute atomic E-state index is 12.4. The Morgan fingerprint density at radius 3 is 2.53 bits per heavy atom. The monoisotopic (exact) mass is 412 g/mol. The van der Waals surface area contributed by atoms with Crippen LogP contribution in [0.5, 0.6) is 5.75 Å². The molecule has 0 spiro atoms. The highest BCUT2D eigenvalue weighted by atomic mass is 16.5. The van der Waals surface area contributed by atoms with Crippen LogP contribution in [0, 0.1) is 11.8 Å². The molecule has 2 amide bonds. The van der Waals surface area contributed by atoms with Gasteiger partial charge in [-0.05, 0) is 61.8 Å². The normalized spacial score (nSPS) is 18.4. The van der Waals surface area contributed by atoms with Gasteiger partial charge in [-0.2, -0.15) is 0 Å². The van der Waals surface area contributed by atoms with Gasteiger partial charge in [0.15, 0.2) is 0 Å². The van der Waals surface area contributed by atoms with Crippen LogP contribution >= 0.6 is 0 Å². The summed E-state index contributed by atoms with van der Waals surface area (Å²) < 4.78 is 5.03. The van der Waals surface area contributed by atoms with Crippen molar-refractivity contribution in [1.82, 2.24) is 10.2 Å². The Bertz CT molecular complexity index is 775. The molecule has 1 aliphatic carbocycles. The summed E-state index contributed by atoms with van der Waals surface area (Å²) in [4.78, 5) is 37.8. The minimum absolute atomic E-state index is 0.116. The number of piperidine rings is 1. The lowest BCUT2D eigenvalue weighted by atomic mass is 9.89. The zero-order valence-corrected chi connectivity index (χ0v) is 17.8. The van der Waals surface area contributed by atoms with Crippen molar-refractivity contribution < 1.29 is 19.1 Å². The SMILES string of the molecule is CC(=O)Oc1cccc(C(=O)NCC2CCN(C(=O)/C=C/C3CCCCC3)CC2)c1. The predicted octanol–water partition coefficient (Wildman–Crippen LogP) is 3.72. The van der Waals surface area contributed by atoms with Gasteiger partial charge in [0.1, 0.15) is 5.75 Å². The first-order valence-corrected chi connectivity index (χ1v) is 11.0. The van der Waals surface area contributed by atoms with Crippen LogP contribution in [0.25, 0.3) is 0 Å². The fourth-order valence-corrected chi connectivity index (χ4v) is 4.21. The van der Waals surface area contributed by atoms with E-state index in [9.17, 15) is 14.4 Å². The highest BCUT2D eigenvalue weighted by Gasteiger charge is 2.22. The second kappa shape index (κ2) is 11.0. The first-order valence-electron chi connectivity index (χ1n) is 11.0. The van der Waals surface area contributed by atoms with Gasteiger partial charge in [0.2, 0.25) is 5.91 Å². The molecular formula is C24H32N2O4. The molecule has 0 unspecified atom stereocenters. The third-order valence-corrected chi connectivity index (χ3v) is 6.00. The Kier molecular flexibility index (Phi) is 8.05. The van der Waals surface area contributed by atoms with E-state index in [0.717, 1.165) is 25.9 Å². The summed E-state index contributed by atoms with van der Waals surface area (Å²) in [5.41, 5.74) is 0.467. The predicted molar refractivity (Wildman–Crippen MR) is 115 cm³/mol. The molecule has 30 heavy (non-hydrogen) atoms. The number of benzene rings is 1. The molecule has 0 bridgehead atoms. The van der Waals surface area contributed by atoms with Crippen LogP contribution in [0.2, 0.25) is 0 Å². The summed E-state index contributed by atoms with van der Waals surface area (Å²) in [6, 6.07) is 6.60.